The van der Waals surface area contributed by atoms with Gasteiger partial charge in [-0.1, -0.05) is 17.7 Å². The molecule has 0 saturated heterocycles. The Morgan fingerprint density at radius 2 is 1.53 bits per heavy atom. The molecular weight excluding hydrogens is 659 g/mol. The summed E-state index contributed by atoms with van der Waals surface area (Å²) in [4.78, 5) is 27.4. The minimum Gasteiger partial charge on any atom is -0.494 e. The summed E-state index contributed by atoms with van der Waals surface area (Å²) in [7, 11) is 1.05. The normalized spacial score (nSPS) is 12.3. The first-order valence-electron chi connectivity index (χ1n) is 12.4. The quantitative estimate of drug-likeness (QED) is 0.159. The molecule has 0 aliphatic carbocycles. The summed E-state index contributed by atoms with van der Waals surface area (Å²) in [6.07, 6.45) is -14.3. The molecule has 3 aromatic carbocycles. The average molecular weight is 678 g/mol. The van der Waals surface area contributed by atoms with Gasteiger partial charge < -0.3 is 14.4 Å². The molecule has 17 heteroatoms. The van der Waals surface area contributed by atoms with Gasteiger partial charge in [0.2, 0.25) is 0 Å². The fourth-order valence-electron chi connectivity index (χ4n) is 4.33. The van der Waals surface area contributed by atoms with E-state index >= 15 is 0 Å². The van der Waals surface area contributed by atoms with E-state index in [1.165, 1.54) is 19.1 Å². The Hall–Kier alpha value is -4.08. The van der Waals surface area contributed by atoms with Crippen LogP contribution in [0.4, 0.5) is 54.0 Å². The molecule has 0 saturated carbocycles. The van der Waals surface area contributed by atoms with Gasteiger partial charge in [0, 0.05) is 35.2 Å². The van der Waals surface area contributed by atoms with Crippen LogP contribution in [-0.4, -0.2) is 44.3 Å². The number of anilines is 1. The van der Waals surface area contributed by atoms with E-state index in [1.54, 1.807) is 0 Å². The number of benzene rings is 3. The highest BCUT2D eigenvalue weighted by Gasteiger charge is 2.73. The smallest absolute Gasteiger partial charge is 0.435 e. The van der Waals surface area contributed by atoms with Crippen LogP contribution in [0.2, 0.25) is 5.02 Å². The van der Waals surface area contributed by atoms with Gasteiger partial charge in [-0.3, -0.25) is 9.59 Å². The summed E-state index contributed by atoms with van der Waals surface area (Å²) >= 11 is 5.84. The van der Waals surface area contributed by atoms with Crippen LogP contribution in [0.25, 0.3) is 0 Å². The predicted molar refractivity (Wildman–Crippen MR) is 138 cm³/mol. The Labute approximate surface area is 252 Å². The molecule has 0 atom stereocenters. The molecule has 0 bridgehead atoms. The number of amides is 1. The number of hydrogen-bond donors (Lipinski definition) is 0. The lowest BCUT2D eigenvalue weighted by Gasteiger charge is -2.31. The number of carbonyl (C=O) groups is 2. The first-order chi connectivity index (χ1) is 20.8. The number of ketones is 1. The maximum absolute atomic E-state index is 14.7. The van der Waals surface area contributed by atoms with Crippen LogP contribution in [0.5, 0.6) is 11.5 Å². The van der Waals surface area contributed by atoms with E-state index in [2.05, 4.69) is 4.74 Å². The van der Waals surface area contributed by atoms with E-state index in [0.717, 1.165) is 30.2 Å². The highest BCUT2D eigenvalue weighted by molar-refractivity contribution is 6.32. The zero-order chi connectivity index (χ0) is 34.1. The molecule has 0 aliphatic rings. The first kappa shape index (κ1) is 35.4. The number of hydrogen-bond acceptors (Lipinski definition) is 4. The Kier molecular flexibility index (Phi) is 10.3. The third kappa shape index (κ3) is 6.94. The Balaban J connectivity index is 2.12. The zero-order valence-corrected chi connectivity index (χ0v) is 23.5. The number of methoxy groups -OCH3 is 1. The molecule has 0 N–H and O–H groups in total. The number of carbonyl (C=O) groups excluding carboxylic acids is 2. The van der Waals surface area contributed by atoms with Gasteiger partial charge in [-0.15, -0.1) is 0 Å². The molecule has 3 aromatic rings. The summed E-state index contributed by atoms with van der Waals surface area (Å²) in [5, 5.41) is -1.15. The lowest BCUT2D eigenvalue weighted by Crippen LogP contribution is -2.50. The number of Topliss-reactive ketones (excluding diaryl/α,β-unsaturated/α-hetero) is 1. The van der Waals surface area contributed by atoms with Crippen LogP contribution in [0, 0.1) is 11.6 Å². The zero-order valence-electron chi connectivity index (χ0n) is 22.7. The summed E-state index contributed by atoms with van der Waals surface area (Å²) in [6, 6.07) is 5.34. The third-order valence-corrected chi connectivity index (χ3v) is 6.74. The SMILES string of the molecule is CCN(C(=O)c1ccc(F)cc1F)c1cccc(C(=O)Cc2c(Cl)cc(C(F)(C(F)(F)F)C(F)(F)F)cc2OC(F)F)c1OC. The van der Waals surface area contributed by atoms with Crippen molar-refractivity contribution < 1.29 is 67.4 Å². The average Bonchev–Trinajstić information content (AvgIpc) is 2.92. The Morgan fingerprint density at radius 1 is 0.911 bits per heavy atom. The van der Waals surface area contributed by atoms with Crippen molar-refractivity contribution in [2.24, 2.45) is 0 Å². The fraction of sp³-hybridized carbons (Fsp3) is 0.286. The van der Waals surface area contributed by atoms with Crippen LogP contribution in [0.1, 0.15) is 38.8 Å². The number of para-hydroxylation sites is 1. The van der Waals surface area contributed by atoms with Crippen LogP contribution in [-0.2, 0) is 12.1 Å². The van der Waals surface area contributed by atoms with E-state index in [-0.39, 0.29) is 30.1 Å². The number of halogens is 12. The van der Waals surface area contributed by atoms with E-state index in [1.807, 2.05) is 0 Å². The maximum atomic E-state index is 14.7. The number of rotatable bonds is 10. The lowest BCUT2D eigenvalue weighted by molar-refractivity contribution is -0.348. The van der Waals surface area contributed by atoms with Crippen molar-refractivity contribution in [3.8, 4) is 11.5 Å². The van der Waals surface area contributed by atoms with Gasteiger partial charge in [0.05, 0.1) is 23.9 Å². The molecule has 0 heterocycles. The van der Waals surface area contributed by atoms with Gasteiger partial charge in [0.15, 0.2) is 11.5 Å². The molecule has 0 radical (unpaired) electrons. The predicted octanol–water partition coefficient (Wildman–Crippen LogP) is 8.61. The fourth-order valence-corrected chi connectivity index (χ4v) is 4.61. The molecule has 0 spiro atoms. The van der Waals surface area contributed by atoms with E-state index < -0.39 is 87.4 Å². The van der Waals surface area contributed by atoms with Crippen molar-refractivity contribution in [2.45, 2.75) is 38.0 Å². The van der Waals surface area contributed by atoms with Crippen LogP contribution in [0.3, 0.4) is 0 Å². The minimum absolute atomic E-state index is 0.119. The van der Waals surface area contributed by atoms with Gasteiger partial charge in [0.1, 0.15) is 17.4 Å². The second-order valence-electron chi connectivity index (χ2n) is 9.10. The maximum Gasteiger partial charge on any atom is 0.435 e. The van der Waals surface area contributed by atoms with Crippen molar-refractivity contribution in [2.75, 3.05) is 18.6 Å². The summed E-state index contributed by atoms with van der Waals surface area (Å²) in [6.45, 7) is -2.56. The number of alkyl halides is 9. The molecule has 0 aliphatic heterocycles. The summed E-state index contributed by atoms with van der Waals surface area (Å²) in [5.74, 6) is -6.05. The molecule has 3 rings (SSSR count). The summed E-state index contributed by atoms with van der Waals surface area (Å²) in [5.41, 5.74) is -10.2. The van der Waals surface area contributed by atoms with Gasteiger partial charge in [-0.05, 0) is 43.3 Å². The van der Waals surface area contributed by atoms with Crippen LogP contribution >= 0.6 is 11.6 Å². The molecular formula is C28H19ClF11NO4. The second-order valence-corrected chi connectivity index (χ2v) is 9.51. The molecule has 1 amide bonds. The first-order valence-corrected chi connectivity index (χ1v) is 12.7. The molecule has 0 fully saturated rings. The van der Waals surface area contributed by atoms with Crippen molar-refractivity contribution in [1.29, 1.82) is 0 Å². The topological polar surface area (TPSA) is 55.8 Å². The Morgan fingerprint density at radius 3 is 2.04 bits per heavy atom. The largest absolute Gasteiger partial charge is 0.494 e. The van der Waals surface area contributed by atoms with E-state index in [0.29, 0.717) is 6.07 Å². The second kappa shape index (κ2) is 13.1. The van der Waals surface area contributed by atoms with Crippen molar-refractivity contribution in [3.63, 3.8) is 0 Å². The molecule has 0 aromatic heterocycles. The molecule has 5 nitrogen and oxygen atoms in total. The van der Waals surface area contributed by atoms with Crippen LogP contribution in [0.15, 0.2) is 48.5 Å². The van der Waals surface area contributed by atoms with Gasteiger partial charge in [0.25, 0.3) is 5.91 Å². The number of ether oxygens (including phenoxy) is 2. The van der Waals surface area contributed by atoms with Crippen molar-refractivity contribution in [3.05, 3.63) is 87.4 Å². The van der Waals surface area contributed by atoms with E-state index in [4.69, 9.17) is 16.3 Å². The van der Waals surface area contributed by atoms with Gasteiger partial charge in [-0.2, -0.15) is 35.1 Å². The van der Waals surface area contributed by atoms with Crippen molar-refractivity contribution >= 4 is 29.0 Å². The van der Waals surface area contributed by atoms with Crippen LogP contribution < -0.4 is 14.4 Å². The highest BCUT2D eigenvalue weighted by Crippen LogP contribution is 2.54. The molecule has 0 unspecified atom stereocenters. The highest BCUT2D eigenvalue weighted by atomic mass is 35.5. The molecule has 45 heavy (non-hydrogen) atoms. The standard InChI is InChI=1S/C28H19ClF11NO4/c1-3-41(24(43)15-8-7-14(30)11-19(15)31)20-6-4-5-16(23(20)44-2)21(42)12-17-18(29)9-13(10-22(17)45-25(32)33)26(34,27(35,36)37)28(38,39)40/h4-11,25H,3,12H2,1-2H3. The van der Waals surface area contributed by atoms with Gasteiger partial charge >= 0.3 is 24.6 Å². The monoisotopic (exact) mass is 677 g/mol. The van der Waals surface area contributed by atoms with Crippen molar-refractivity contribution in [1.82, 2.24) is 0 Å². The Bertz CT molecular complexity index is 1580. The summed E-state index contributed by atoms with van der Waals surface area (Å²) < 4.78 is 158. The molecule has 244 valence electrons. The lowest BCUT2D eigenvalue weighted by atomic mass is 9.91. The van der Waals surface area contributed by atoms with E-state index in [9.17, 15) is 57.9 Å². The third-order valence-electron chi connectivity index (χ3n) is 6.40. The van der Waals surface area contributed by atoms with Gasteiger partial charge in [-0.25, -0.2) is 13.2 Å². The number of nitrogens with zero attached hydrogens (tertiary/aromatic N) is 1. The minimum atomic E-state index is -6.61.